The fourth-order valence-corrected chi connectivity index (χ4v) is 0.985. The van der Waals surface area contributed by atoms with Gasteiger partial charge >= 0.3 is 0 Å². The number of hydrogen-bond donors (Lipinski definition) is 1. The smallest absolute Gasteiger partial charge is 0.291 e. The minimum atomic E-state index is -1.50. The molecule has 15 heavy (non-hydrogen) atoms. The molecule has 0 heterocycles. The standard InChI is InChI=1S/C8H17NO2.HNO3/c1-3-4-5-6-7-8(2)11-9-10;2-1(3)4/h8H,3-7H2,1-2H3;(H,2,3,4). The lowest BCUT2D eigenvalue weighted by Gasteiger charge is -2.05. The van der Waals surface area contributed by atoms with Crippen LogP contribution < -0.4 is 0 Å². The Morgan fingerprint density at radius 2 is 2.00 bits per heavy atom. The van der Waals surface area contributed by atoms with E-state index in [1.54, 1.807) is 0 Å². The third-order valence-corrected chi connectivity index (χ3v) is 1.69. The molecule has 0 aliphatic carbocycles. The summed E-state index contributed by atoms with van der Waals surface area (Å²) in [6, 6.07) is 0. The SMILES string of the molecule is CCCCCCC(C)ON=O.O=[N+]([O-])O. The summed E-state index contributed by atoms with van der Waals surface area (Å²) in [6.07, 6.45) is 5.78. The minimum absolute atomic E-state index is 0.00986. The van der Waals surface area contributed by atoms with E-state index in [0.29, 0.717) is 0 Å². The third kappa shape index (κ3) is 24.5. The van der Waals surface area contributed by atoms with Gasteiger partial charge in [0, 0.05) is 0 Å². The Morgan fingerprint density at radius 1 is 1.47 bits per heavy atom. The van der Waals surface area contributed by atoms with Crippen LogP contribution >= 0.6 is 0 Å². The molecular formula is C8H18N2O5. The van der Waals surface area contributed by atoms with Crippen molar-refractivity contribution in [3.63, 3.8) is 0 Å². The first-order valence-electron chi connectivity index (χ1n) is 4.86. The quantitative estimate of drug-likeness (QED) is 0.309. The maximum Gasteiger partial charge on any atom is 0.291 e. The van der Waals surface area contributed by atoms with Gasteiger partial charge in [-0.3, -0.25) is 0 Å². The molecule has 0 rings (SSSR count). The molecule has 0 saturated carbocycles. The highest BCUT2D eigenvalue weighted by molar-refractivity contribution is 4.49. The van der Waals surface area contributed by atoms with Crippen molar-refractivity contribution in [1.29, 1.82) is 0 Å². The highest BCUT2D eigenvalue weighted by Crippen LogP contribution is 2.07. The van der Waals surface area contributed by atoms with Gasteiger partial charge in [-0.15, -0.1) is 15.0 Å². The van der Waals surface area contributed by atoms with Crippen LogP contribution in [0.2, 0.25) is 0 Å². The maximum atomic E-state index is 9.63. The van der Waals surface area contributed by atoms with Crippen LogP contribution in [0.4, 0.5) is 0 Å². The third-order valence-electron chi connectivity index (χ3n) is 1.69. The average molecular weight is 222 g/mol. The molecule has 0 fully saturated rings. The van der Waals surface area contributed by atoms with Crippen LogP contribution in [0.5, 0.6) is 0 Å². The van der Waals surface area contributed by atoms with Crippen LogP contribution in [0.25, 0.3) is 0 Å². The van der Waals surface area contributed by atoms with E-state index in [2.05, 4.69) is 17.1 Å². The zero-order valence-corrected chi connectivity index (χ0v) is 9.09. The first-order chi connectivity index (χ1) is 7.04. The van der Waals surface area contributed by atoms with Gasteiger partial charge in [0.05, 0.1) is 0 Å². The summed E-state index contributed by atoms with van der Waals surface area (Å²) in [7, 11) is 0. The van der Waals surface area contributed by atoms with Crippen molar-refractivity contribution in [3.05, 3.63) is 15.0 Å². The maximum absolute atomic E-state index is 9.63. The number of rotatable bonds is 7. The van der Waals surface area contributed by atoms with Gasteiger partial charge in [-0.25, -0.2) is 0 Å². The van der Waals surface area contributed by atoms with E-state index in [1.165, 1.54) is 19.3 Å². The lowest BCUT2D eigenvalue weighted by atomic mass is 10.1. The molecule has 0 aromatic carbocycles. The molecule has 0 spiro atoms. The lowest BCUT2D eigenvalue weighted by Crippen LogP contribution is -2.02. The predicted octanol–water partition coefficient (Wildman–Crippen LogP) is 2.70. The summed E-state index contributed by atoms with van der Waals surface area (Å²) in [4.78, 5) is 22.5. The topological polar surface area (TPSA) is 102 Å². The van der Waals surface area contributed by atoms with Crippen LogP contribution in [0.1, 0.15) is 46.0 Å². The van der Waals surface area contributed by atoms with Crippen LogP contribution in [-0.2, 0) is 4.84 Å². The van der Waals surface area contributed by atoms with E-state index >= 15 is 0 Å². The Kier molecular flexibility index (Phi) is 13.5. The Labute approximate surface area is 88.5 Å². The summed E-state index contributed by atoms with van der Waals surface area (Å²) in [5.41, 5.74) is 0. The molecule has 0 aliphatic heterocycles. The van der Waals surface area contributed by atoms with Gasteiger partial charge in [-0.05, 0) is 19.8 Å². The van der Waals surface area contributed by atoms with Crippen LogP contribution in [0.3, 0.4) is 0 Å². The molecule has 0 aromatic heterocycles. The molecule has 1 N–H and O–H groups in total. The van der Waals surface area contributed by atoms with Crippen molar-refractivity contribution in [1.82, 2.24) is 0 Å². The summed E-state index contributed by atoms with van der Waals surface area (Å²) < 4.78 is 0. The Bertz CT molecular complexity index is 161. The zero-order valence-electron chi connectivity index (χ0n) is 9.09. The average Bonchev–Trinajstić information content (AvgIpc) is 2.12. The monoisotopic (exact) mass is 222 g/mol. The molecule has 0 saturated heterocycles. The molecule has 0 bridgehead atoms. The van der Waals surface area contributed by atoms with Crippen molar-refractivity contribution in [2.45, 2.75) is 52.1 Å². The largest absolute Gasteiger partial charge is 0.361 e. The fourth-order valence-electron chi connectivity index (χ4n) is 0.985. The van der Waals surface area contributed by atoms with Gasteiger partial charge in [-0.2, -0.15) is 0 Å². The van der Waals surface area contributed by atoms with E-state index in [0.717, 1.165) is 12.8 Å². The van der Waals surface area contributed by atoms with Crippen molar-refractivity contribution in [2.75, 3.05) is 0 Å². The molecule has 7 nitrogen and oxygen atoms in total. The summed E-state index contributed by atoms with van der Waals surface area (Å²) in [6.45, 7) is 4.04. The highest BCUT2D eigenvalue weighted by Gasteiger charge is 2.00. The van der Waals surface area contributed by atoms with Gasteiger partial charge in [0.25, 0.3) is 5.09 Å². The van der Waals surface area contributed by atoms with E-state index in [1.807, 2.05) is 6.92 Å². The molecular weight excluding hydrogens is 204 g/mol. The Hall–Kier alpha value is -1.40. The van der Waals surface area contributed by atoms with Gasteiger partial charge in [0.1, 0.15) is 6.10 Å². The second-order valence-electron chi connectivity index (χ2n) is 3.08. The van der Waals surface area contributed by atoms with Crippen LogP contribution in [0, 0.1) is 15.0 Å². The van der Waals surface area contributed by atoms with E-state index < -0.39 is 5.09 Å². The first kappa shape index (κ1) is 16.0. The van der Waals surface area contributed by atoms with Crippen LogP contribution in [-0.4, -0.2) is 16.4 Å². The number of nitrogens with zero attached hydrogens (tertiary/aromatic N) is 2. The molecule has 90 valence electrons. The van der Waals surface area contributed by atoms with Crippen LogP contribution in [0.15, 0.2) is 5.34 Å². The molecule has 1 atom stereocenters. The normalized spacial score (nSPS) is 10.8. The fraction of sp³-hybridized carbons (Fsp3) is 1.00. The summed E-state index contributed by atoms with van der Waals surface area (Å²) >= 11 is 0. The Morgan fingerprint density at radius 3 is 2.40 bits per heavy atom. The Balaban J connectivity index is 0. The molecule has 0 aromatic rings. The van der Waals surface area contributed by atoms with E-state index in [-0.39, 0.29) is 6.10 Å². The lowest BCUT2D eigenvalue weighted by molar-refractivity contribution is -0.742. The second-order valence-corrected chi connectivity index (χ2v) is 3.08. The second kappa shape index (κ2) is 12.6. The molecule has 7 heteroatoms. The van der Waals surface area contributed by atoms with E-state index in [4.69, 9.17) is 15.3 Å². The zero-order chi connectivity index (χ0) is 12.1. The predicted molar refractivity (Wildman–Crippen MR) is 53.9 cm³/mol. The van der Waals surface area contributed by atoms with E-state index in [9.17, 15) is 4.91 Å². The number of unbranched alkanes of at least 4 members (excludes halogenated alkanes) is 3. The molecule has 0 aliphatic rings. The van der Waals surface area contributed by atoms with Crippen molar-refractivity contribution in [3.8, 4) is 0 Å². The molecule has 0 amide bonds. The first-order valence-corrected chi connectivity index (χ1v) is 4.86. The highest BCUT2D eigenvalue weighted by atomic mass is 16.9. The van der Waals surface area contributed by atoms with Gasteiger partial charge < -0.3 is 10.0 Å². The van der Waals surface area contributed by atoms with Crippen molar-refractivity contribution in [2.24, 2.45) is 5.34 Å². The van der Waals surface area contributed by atoms with Crippen molar-refractivity contribution >= 4 is 0 Å². The number of hydrogen-bond acceptors (Lipinski definition) is 5. The summed E-state index contributed by atoms with van der Waals surface area (Å²) in [5, 5.41) is 16.0. The molecule has 1 unspecified atom stereocenters. The van der Waals surface area contributed by atoms with Crippen molar-refractivity contribution < 1.29 is 15.1 Å². The molecule has 0 radical (unpaired) electrons. The van der Waals surface area contributed by atoms with Gasteiger partial charge in [-0.1, -0.05) is 26.2 Å². The van der Waals surface area contributed by atoms with Gasteiger partial charge in [0.2, 0.25) is 0 Å². The minimum Gasteiger partial charge on any atom is -0.361 e. The van der Waals surface area contributed by atoms with Gasteiger partial charge in [0.15, 0.2) is 5.34 Å². The summed E-state index contributed by atoms with van der Waals surface area (Å²) in [5.74, 6) is 0.